The van der Waals surface area contributed by atoms with Gasteiger partial charge in [-0.3, -0.25) is 0 Å². The third-order valence-corrected chi connectivity index (χ3v) is 2.82. The van der Waals surface area contributed by atoms with Gasteiger partial charge in [0.15, 0.2) is 0 Å². The normalized spacial score (nSPS) is 24.9. The van der Waals surface area contributed by atoms with Crippen molar-refractivity contribution < 1.29 is 0 Å². The fraction of sp³-hybridized carbons (Fsp3) is 0.800. The van der Waals surface area contributed by atoms with Crippen LogP contribution in [0, 0.1) is 5.92 Å². The van der Waals surface area contributed by atoms with Crippen LogP contribution in [0.15, 0.2) is 11.6 Å². The summed E-state index contributed by atoms with van der Waals surface area (Å²) in [6, 6.07) is 0. The predicted octanol–water partition coefficient (Wildman–Crippen LogP) is 3.75. The zero-order valence-corrected chi connectivity index (χ0v) is 8.03. The molecule has 0 aromatic heterocycles. The van der Waals surface area contributed by atoms with Gasteiger partial charge in [-0.05, 0) is 44.9 Å². The molecule has 1 rings (SSSR count). The molecule has 0 radical (unpaired) electrons. The van der Waals surface area contributed by atoms with Crippen molar-refractivity contribution in [2.24, 2.45) is 5.92 Å². The highest BCUT2D eigenvalue weighted by molar-refractivity contribution is 6.17. The maximum atomic E-state index is 5.65. The molecule has 0 N–H and O–H groups in total. The number of rotatable bonds is 3. The van der Waals surface area contributed by atoms with Crippen LogP contribution in [0.3, 0.4) is 0 Å². The van der Waals surface area contributed by atoms with E-state index < -0.39 is 0 Å². The Bertz CT molecular complexity index is 138. The summed E-state index contributed by atoms with van der Waals surface area (Å²) in [5.74, 6) is 1.67. The molecule has 1 atom stereocenters. The number of allylic oxidation sites excluding steroid dienone is 2. The molecule has 0 aliphatic heterocycles. The zero-order valence-electron chi connectivity index (χ0n) is 7.28. The van der Waals surface area contributed by atoms with Crippen molar-refractivity contribution in [2.75, 3.05) is 5.88 Å². The van der Waals surface area contributed by atoms with Gasteiger partial charge in [0.05, 0.1) is 0 Å². The second-order valence-electron chi connectivity index (χ2n) is 3.41. The molecule has 0 spiro atoms. The highest BCUT2D eigenvalue weighted by atomic mass is 35.5. The molecule has 0 aromatic rings. The molecule has 64 valence electrons. The van der Waals surface area contributed by atoms with Crippen LogP contribution >= 0.6 is 11.6 Å². The standard InChI is InChI=1S/C10H17Cl/c1-9-5-2-3-6-10(9)7-4-8-11/h5,10H,2-4,6-8H2,1H3. The van der Waals surface area contributed by atoms with Crippen LogP contribution in [-0.2, 0) is 0 Å². The number of halogens is 1. The second kappa shape index (κ2) is 4.82. The highest BCUT2D eigenvalue weighted by Gasteiger charge is 2.12. The molecule has 11 heavy (non-hydrogen) atoms. The molecule has 0 nitrogen and oxygen atoms in total. The van der Waals surface area contributed by atoms with Gasteiger partial charge >= 0.3 is 0 Å². The van der Waals surface area contributed by atoms with E-state index >= 15 is 0 Å². The van der Waals surface area contributed by atoms with Crippen LogP contribution in [0.25, 0.3) is 0 Å². The Kier molecular flexibility index (Phi) is 3.99. The first-order valence-corrected chi connectivity index (χ1v) is 5.10. The molecule has 1 aliphatic rings. The lowest BCUT2D eigenvalue weighted by atomic mass is 9.86. The maximum absolute atomic E-state index is 5.65. The first kappa shape index (κ1) is 9.12. The van der Waals surface area contributed by atoms with Crippen LogP contribution in [-0.4, -0.2) is 5.88 Å². The smallest absolute Gasteiger partial charge is 0.0223 e. The highest BCUT2D eigenvalue weighted by Crippen LogP contribution is 2.27. The zero-order chi connectivity index (χ0) is 8.10. The molecule has 1 unspecified atom stereocenters. The fourth-order valence-electron chi connectivity index (χ4n) is 1.78. The third-order valence-electron chi connectivity index (χ3n) is 2.55. The van der Waals surface area contributed by atoms with E-state index in [1.54, 1.807) is 5.57 Å². The number of hydrogen-bond acceptors (Lipinski definition) is 0. The summed E-state index contributed by atoms with van der Waals surface area (Å²) in [7, 11) is 0. The molecule has 1 heteroatoms. The Balaban J connectivity index is 2.31. The summed E-state index contributed by atoms with van der Waals surface area (Å²) in [5, 5.41) is 0. The van der Waals surface area contributed by atoms with Gasteiger partial charge in [-0.15, -0.1) is 11.6 Å². The van der Waals surface area contributed by atoms with Gasteiger partial charge in [-0.25, -0.2) is 0 Å². The minimum Gasteiger partial charge on any atom is -0.127 e. The largest absolute Gasteiger partial charge is 0.127 e. The van der Waals surface area contributed by atoms with Crippen LogP contribution in [0.4, 0.5) is 0 Å². The third kappa shape index (κ3) is 2.86. The first-order chi connectivity index (χ1) is 5.34. The Labute approximate surface area is 74.6 Å². The van der Waals surface area contributed by atoms with E-state index in [0.29, 0.717) is 0 Å². The summed E-state index contributed by atoms with van der Waals surface area (Å²) >= 11 is 5.65. The Morgan fingerprint density at radius 3 is 3.09 bits per heavy atom. The van der Waals surface area contributed by atoms with Crippen molar-refractivity contribution in [3.8, 4) is 0 Å². The van der Waals surface area contributed by atoms with Crippen LogP contribution in [0.1, 0.15) is 39.0 Å². The lowest BCUT2D eigenvalue weighted by molar-refractivity contribution is 0.474. The van der Waals surface area contributed by atoms with Gasteiger partial charge in [0.2, 0.25) is 0 Å². The lowest BCUT2D eigenvalue weighted by Gasteiger charge is -2.21. The topological polar surface area (TPSA) is 0 Å². The molecule has 1 aliphatic carbocycles. The lowest BCUT2D eigenvalue weighted by Crippen LogP contribution is -2.06. The monoisotopic (exact) mass is 172 g/mol. The molecule has 0 saturated heterocycles. The predicted molar refractivity (Wildman–Crippen MR) is 51.1 cm³/mol. The molecular formula is C10H17Cl. The minimum absolute atomic E-state index is 0.823. The van der Waals surface area contributed by atoms with Crippen molar-refractivity contribution in [3.05, 3.63) is 11.6 Å². The van der Waals surface area contributed by atoms with E-state index in [2.05, 4.69) is 13.0 Å². The van der Waals surface area contributed by atoms with Crippen molar-refractivity contribution in [3.63, 3.8) is 0 Å². The molecule has 0 fully saturated rings. The maximum Gasteiger partial charge on any atom is 0.0223 e. The van der Waals surface area contributed by atoms with E-state index in [-0.39, 0.29) is 0 Å². The summed E-state index contributed by atoms with van der Waals surface area (Å²) < 4.78 is 0. The van der Waals surface area contributed by atoms with E-state index in [1.165, 1.54) is 32.1 Å². The van der Waals surface area contributed by atoms with Gasteiger partial charge < -0.3 is 0 Å². The quantitative estimate of drug-likeness (QED) is 0.449. The van der Waals surface area contributed by atoms with Crippen LogP contribution < -0.4 is 0 Å². The van der Waals surface area contributed by atoms with E-state index in [0.717, 1.165) is 11.8 Å². The summed E-state index contributed by atoms with van der Waals surface area (Å²) in [6.07, 6.45) is 8.93. The molecule has 0 bridgehead atoms. The Hall–Kier alpha value is 0.0300. The van der Waals surface area contributed by atoms with E-state index in [1.807, 2.05) is 0 Å². The number of alkyl halides is 1. The molecule has 0 aromatic carbocycles. The molecule has 0 heterocycles. The summed E-state index contributed by atoms with van der Waals surface area (Å²) in [6.45, 7) is 2.26. The van der Waals surface area contributed by atoms with Crippen LogP contribution in [0.5, 0.6) is 0 Å². The van der Waals surface area contributed by atoms with Gasteiger partial charge in [0.25, 0.3) is 0 Å². The average Bonchev–Trinajstić information content (AvgIpc) is 2.03. The molecular weight excluding hydrogens is 156 g/mol. The summed E-state index contributed by atoms with van der Waals surface area (Å²) in [5.41, 5.74) is 1.60. The average molecular weight is 173 g/mol. The van der Waals surface area contributed by atoms with Gasteiger partial charge in [0.1, 0.15) is 0 Å². The van der Waals surface area contributed by atoms with E-state index in [9.17, 15) is 0 Å². The Morgan fingerprint density at radius 2 is 2.45 bits per heavy atom. The second-order valence-corrected chi connectivity index (χ2v) is 3.79. The molecule has 0 saturated carbocycles. The van der Waals surface area contributed by atoms with Crippen molar-refractivity contribution in [1.82, 2.24) is 0 Å². The fourth-order valence-corrected chi connectivity index (χ4v) is 1.94. The first-order valence-electron chi connectivity index (χ1n) is 4.57. The summed E-state index contributed by atoms with van der Waals surface area (Å²) in [4.78, 5) is 0. The van der Waals surface area contributed by atoms with Gasteiger partial charge in [-0.2, -0.15) is 0 Å². The molecule has 0 amide bonds. The minimum atomic E-state index is 0.823. The van der Waals surface area contributed by atoms with Gasteiger partial charge in [-0.1, -0.05) is 11.6 Å². The number of hydrogen-bond donors (Lipinski definition) is 0. The Morgan fingerprint density at radius 1 is 1.64 bits per heavy atom. The van der Waals surface area contributed by atoms with Crippen molar-refractivity contribution in [1.29, 1.82) is 0 Å². The SMILES string of the molecule is CC1=CCCCC1CCCCl. The van der Waals surface area contributed by atoms with Crippen LogP contribution in [0.2, 0.25) is 0 Å². The van der Waals surface area contributed by atoms with Gasteiger partial charge in [0, 0.05) is 5.88 Å². The van der Waals surface area contributed by atoms with Crippen molar-refractivity contribution >= 4 is 11.6 Å². The van der Waals surface area contributed by atoms with Crippen molar-refractivity contribution in [2.45, 2.75) is 39.0 Å². The van der Waals surface area contributed by atoms with E-state index in [4.69, 9.17) is 11.6 Å².